The Labute approximate surface area is 207 Å². The number of carbonyl (C=O) groups excluding carboxylic acids is 2. The Kier molecular flexibility index (Phi) is 6.27. The molecule has 0 radical (unpaired) electrons. The molecular weight excluding hydrogens is 529 g/mol. The predicted octanol–water partition coefficient (Wildman–Crippen LogP) is 4.28. The van der Waals surface area contributed by atoms with Crippen molar-refractivity contribution >= 4 is 51.7 Å². The number of halogens is 1. The van der Waals surface area contributed by atoms with Gasteiger partial charge in [-0.2, -0.15) is 0 Å². The van der Waals surface area contributed by atoms with Crippen LogP contribution in [-0.2, 0) is 4.79 Å². The number of rotatable bonds is 2. The van der Waals surface area contributed by atoms with Gasteiger partial charge >= 0.3 is 6.03 Å². The molecule has 1 unspecified atom stereocenters. The van der Waals surface area contributed by atoms with E-state index in [0.29, 0.717) is 17.5 Å². The van der Waals surface area contributed by atoms with Crippen LogP contribution >= 0.6 is 22.6 Å². The van der Waals surface area contributed by atoms with Crippen LogP contribution in [0.15, 0.2) is 53.5 Å². The van der Waals surface area contributed by atoms with Gasteiger partial charge in [0.15, 0.2) is 0 Å². The maximum absolute atomic E-state index is 13.3. The van der Waals surface area contributed by atoms with Crippen molar-refractivity contribution in [2.45, 2.75) is 31.8 Å². The van der Waals surface area contributed by atoms with Crippen LogP contribution < -0.4 is 15.5 Å². The fourth-order valence-electron chi connectivity index (χ4n) is 5.18. The molecule has 7 nitrogen and oxygen atoms in total. The highest BCUT2D eigenvalue weighted by molar-refractivity contribution is 14.1. The number of amidine groups is 1. The second-order valence-corrected chi connectivity index (χ2v) is 10.4. The quantitative estimate of drug-likeness (QED) is 0.542. The molecule has 0 spiro atoms. The van der Waals surface area contributed by atoms with Gasteiger partial charge in [0.25, 0.3) is 5.91 Å². The highest BCUT2D eigenvalue weighted by Crippen LogP contribution is 2.36. The molecule has 6 rings (SSSR count). The maximum Gasteiger partial charge on any atom is 0.321 e. The summed E-state index contributed by atoms with van der Waals surface area (Å²) in [5, 5.41) is 5.63. The number of benzene rings is 2. The molecule has 3 heterocycles. The highest BCUT2D eigenvalue weighted by atomic mass is 127. The van der Waals surface area contributed by atoms with E-state index in [1.165, 1.54) is 25.7 Å². The Hall–Kier alpha value is -2.62. The number of fused-ring (bicyclic) bond motifs is 5. The summed E-state index contributed by atoms with van der Waals surface area (Å²) in [6, 6.07) is 15.0. The first-order chi connectivity index (χ1) is 16.0. The van der Waals surface area contributed by atoms with Crippen LogP contribution in [0.25, 0.3) is 0 Å². The summed E-state index contributed by atoms with van der Waals surface area (Å²) in [7, 11) is 1.75. The van der Waals surface area contributed by atoms with Gasteiger partial charge in [-0.05, 0) is 90.4 Å². The Morgan fingerprint density at radius 2 is 1.73 bits per heavy atom. The third kappa shape index (κ3) is 4.71. The van der Waals surface area contributed by atoms with E-state index in [9.17, 15) is 9.59 Å². The van der Waals surface area contributed by atoms with Crippen molar-refractivity contribution in [2.24, 2.45) is 16.8 Å². The summed E-state index contributed by atoms with van der Waals surface area (Å²) < 4.78 is 1.02. The van der Waals surface area contributed by atoms with E-state index in [1.54, 1.807) is 11.9 Å². The third-order valence-electron chi connectivity index (χ3n) is 6.90. The molecule has 2 saturated heterocycles. The van der Waals surface area contributed by atoms with Crippen LogP contribution in [0.1, 0.15) is 31.2 Å². The fourth-order valence-corrected chi connectivity index (χ4v) is 5.72. The largest absolute Gasteiger partial charge is 0.356 e. The number of benzodiazepines with no additional fused rings is 1. The molecule has 8 heteroatoms. The molecule has 1 atom stereocenters. The lowest BCUT2D eigenvalue weighted by Crippen LogP contribution is -2.47. The molecule has 1 aliphatic carbocycles. The molecule has 4 aliphatic rings. The number of aliphatic imine (C=N–C) groups is 1. The molecule has 1 saturated carbocycles. The van der Waals surface area contributed by atoms with E-state index in [0.717, 1.165) is 33.7 Å². The molecule has 2 N–H and O–H groups in total. The van der Waals surface area contributed by atoms with Crippen molar-refractivity contribution in [3.8, 4) is 0 Å². The fraction of sp³-hybridized carbons (Fsp3) is 0.400. The third-order valence-corrected chi connectivity index (χ3v) is 7.57. The number of nitrogens with one attached hydrogen (secondary N) is 2. The van der Waals surface area contributed by atoms with Gasteiger partial charge in [0, 0.05) is 35.0 Å². The minimum absolute atomic E-state index is 0.256. The first kappa shape index (κ1) is 22.2. The van der Waals surface area contributed by atoms with Gasteiger partial charge < -0.3 is 20.4 Å². The second kappa shape index (κ2) is 9.32. The Balaban J connectivity index is 1.46. The SMILES string of the molecule is CN1C(=O)C(NC(=O)Nc2cccc(I)c2)N=C(N2CC3CCC(CC3)C2)c2ccccc21. The van der Waals surface area contributed by atoms with Crippen molar-refractivity contribution in [3.05, 3.63) is 57.7 Å². The van der Waals surface area contributed by atoms with Crippen LogP contribution in [0.4, 0.5) is 16.2 Å². The zero-order chi connectivity index (χ0) is 22.9. The summed E-state index contributed by atoms with van der Waals surface area (Å²) >= 11 is 2.20. The maximum atomic E-state index is 13.3. The number of hydrogen-bond donors (Lipinski definition) is 2. The smallest absolute Gasteiger partial charge is 0.321 e. The number of carbonyl (C=O) groups is 2. The normalized spacial score (nSPS) is 24.5. The van der Waals surface area contributed by atoms with Gasteiger partial charge in [0.05, 0.1) is 5.69 Å². The number of likely N-dealkylation sites (N-methyl/N-ethyl adjacent to an activating group) is 1. The number of para-hydroxylation sites is 1. The summed E-state index contributed by atoms with van der Waals surface area (Å²) in [4.78, 5) is 35.0. The molecule has 3 amide bonds. The summed E-state index contributed by atoms with van der Waals surface area (Å²) in [5.41, 5.74) is 2.43. The monoisotopic (exact) mass is 557 g/mol. The van der Waals surface area contributed by atoms with Crippen LogP contribution in [0.3, 0.4) is 0 Å². The first-order valence-corrected chi connectivity index (χ1v) is 12.6. The minimum atomic E-state index is -0.999. The number of urea groups is 1. The number of amides is 3. The lowest BCUT2D eigenvalue weighted by Gasteiger charge is -2.27. The van der Waals surface area contributed by atoms with Crippen molar-refractivity contribution in [3.63, 3.8) is 0 Å². The van der Waals surface area contributed by atoms with E-state index in [4.69, 9.17) is 4.99 Å². The Morgan fingerprint density at radius 1 is 1.03 bits per heavy atom. The lowest BCUT2D eigenvalue weighted by atomic mass is 9.84. The van der Waals surface area contributed by atoms with E-state index in [1.807, 2.05) is 48.5 Å². The Bertz CT molecular complexity index is 1080. The molecule has 2 aromatic carbocycles. The van der Waals surface area contributed by atoms with E-state index >= 15 is 0 Å². The average Bonchev–Trinajstić information content (AvgIpc) is 3.18. The molecular formula is C25H28IN5O2. The van der Waals surface area contributed by atoms with E-state index in [-0.39, 0.29) is 5.91 Å². The van der Waals surface area contributed by atoms with Gasteiger partial charge in [-0.25, -0.2) is 9.79 Å². The van der Waals surface area contributed by atoms with Crippen LogP contribution in [0.2, 0.25) is 0 Å². The first-order valence-electron chi connectivity index (χ1n) is 11.5. The van der Waals surface area contributed by atoms with Gasteiger partial charge in [-0.15, -0.1) is 0 Å². The second-order valence-electron chi connectivity index (χ2n) is 9.17. The molecule has 33 heavy (non-hydrogen) atoms. The van der Waals surface area contributed by atoms with E-state index < -0.39 is 12.2 Å². The van der Waals surface area contributed by atoms with Crippen molar-refractivity contribution in [2.75, 3.05) is 30.4 Å². The number of anilines is 2. The summed E-state index contributed by atoms with van der Waals surface area (Å²) in [6.07, 6.45) is 4.04. The van der Waals surface area contributed by atoms with E-state index in [2.05, 4.69) is 38.1 Å². The van der Waals surface area contributed by atoms with Crippen molar-refractivity contribution < 1.29 is 9.59 Å². The minimum Gasteiger partial charge on any atom is -0.356 e. The molecule has 3 aliphatic heterocycles. The molecule has 2 aromatic rings. The van der Waals surface area contributed by atoms with Gasteiger partial charge in [-0.3, -0.25) is 4.79 Å². The number of hydrogen-bond acceptors (Lipinski definition) is 4. The topological polar surface area (TPSA) is 77.0 Å². The van der Waals surface area contributed by atoms with Crippen molar-refractivity contribution in [1.82, 2.24) is 10.2 Å². The van der Waals surface area contributed by atoms with Gasteiger partial charge in [0.1, 0.15) is 5.84 Å². The van der Waals surface area contributed by atoms with Crippen LogP contribution in [-0.4, -0.2) is 49.0 Å². The molecule has 172 valence electrons. The number of nitrogens with zero attached hydrogens (tertiary/aromatic N) is 3. The zero-order valence-corrected chi connectivity index (χ0v) is 20.8. The van der Waals surface area contributed by atoms with Gasteiger partial charge in [-0.1, -0.05) is 18.2 Å². The molecule has 3 fully saturated rings. The van der Waals surface area contributed by atoms with Crippen molar-refractivity contribution in [1.29, 1.82) is 0 Å². The van der Waals surface area contributed by atoms with Crippen LogP contribution in [0.5, 0.6) is 0 Å². The summed E-state index contributed by atoms with van der Waals surface area (Å²) in [6.45, 7) is 1.89. The predicted molar refractivity (Wildman–Crippen MR) is 139 cm³/mol. The van der Waals surface area contributed by atoms with Crippen LogP contribution in [0, 0.1) is 15.4 Å². The highest BCUT2D eigenvalue weighted by Gasteiger charge is 2.36. The Morgan fingerprint density at radius 3 is 2.42 bits per heavy atom. The zero-order valence-electron chi connectivity index (χ0n) is 18.6. The van der Waals surface area contributed by atoms with Gasteiger partial charge in [0.2, 0.25) is 6.17 Å². The molecule has 0 aromatic heterocycles. The average molecular weight is 557 g/mol. The standard InChI is InChI=1S/C25H28IN5O2/c1-30-21-8-3-2-7-20(21)23(31-14-16-9-10-17(15-31)12-11-16)28-22(24(30)32)29-25(33)27-19-6-4-5-18(26)13-19/h2-8,13,16-17,22H,9-12,14-15H2,1H3,(H2,27,29,33). The summed E-state index contributed by atoms with van der Waals surface area (Å²) in [5.74, 6) is 1.87. The molecule has 2 bridgehead atoms. The lowest BCUT2D eigenvalue weighted by molar-refractivity contribution is -0.119.